The van der Waals surface area contributed by atoms with Crippen molar-refractivity contribution in [3.8, 4) is 23.1 Å². The molecule has 0 atom stereocenters. The maximum Gasteiger partial charge on any atom is 0.387 e. The Hall–Kier alpha value is -2.95. The van der Waals surface area contributed by atoms with Gasteiger partial charge in [0.05, 0.1) is 11.8 Å². The minimum absolute atomic E-state index is 0.0121. The third-order valence-electron chi connectivity index (χ3n) is 2.93. The summed E-state index contributed by atoms with van der Waals surface area (Å²) in [6.07, 6.45) is 0.975. The molecule has 0 aliphatic carbocycles. The second-order valence-corrected chi connectivity index (χ2v) is 4.60. The first-order chi connectivity index (χ1) is 11.1. The third kappa shape index (κ3) is 4.78. The fourth-order valence-electron chi connectivity index (χ4n) is 1.94. The number of hydrogen-bond acceptors (Lipinski definition) is 4. The van der Waals surface area contributed by atoms with Gasteiger partial charge in [-0.05, 0) is 18.6 Å². The van der Waals surface area contributed by atoms with Crippen molar-refractivity contribution in [3.63, 3.8) is 0 Å². The summed E-state index contributed by atoms with van der Waals surface area (Å²) in [6.45, 7) is -2.93. The SMILES string of the molecule is N#CCCCC(=O)Nc1cc(-c2ccccc2OC(F)F)[nH]n1. The zero-order valence-corrected chi connectivity index (χ0v) is 12.1. The quantitative estimate of drug-likeness (QED) is 0.766. The third-order valence-corrected chi connectivity index (χ3v) is 2.93. The van der Waals surface area contributed by atoms with E-state index in [4.69, 9.17) is 5.26 Å². The van der Waals surface area contributed by atoms with E-state index in [0.717, 1.165) is 0 Å². The molecule has 6 nitrogen and oxygen atoms in total. The Balaban J connectivity index is 2.08. The van der Waals surface area contributed by atoms with Gasteiger partial charge in [0.25, 0.3) is 0 Å². The number of carbonyl (C=O) groups excluding carboxylic acids is 1. The number of aromatic amines is 1. The number of aromatic nitrogens is 2. The molecule has 0 spiro atoms. The molecular weight excluding hydrogens is 306 g/mol. The molecule has 2 rings (SSSR count). The standard InChI is InChI=1S/C15H14F2N4O2/c16-15(17)23-12-6-2-1-5-10(12)11-9-13(21-20-11)19-14(22)7-3-4-8-18/h1-2,5-6,9,15H,3-4,7H2,(H2,19,20,21,22). The van der Waals surface area contributed by atoms with E-state index in [0.29, 0.717) is 24.1 Å². The van der Waals surface area contributed by atoms with Crippen molar-refractivity contribution in [2.24, 2.45) is 0 Å². The predicted molar refractivity (Wildman–Crippen MR) is 78.7 cm³/mol. The Bertz CT molecular complexity index is 709. The number of H-pyrrole nitrogens is 1. The van der Waals surface area contributed by atoms with E-state index < -0.39 is 6.61 Å². The van der Waals surface area contributed by atoms with Crippen molar-refractivity contribution in [2.75, 3.05) is 5.32 Å². The molecule has 0 unspecified atom stereocenters. The lowest BCUT2D eigenvalue weighted by molar-refractivity contribution is -0.116. The molecule has 23 heavy (non-hydrogen) atoms. The van der Waals surface area contributed by atoms with Crippen LogP contribution in [0.5, 0.6) is 5.75 Å². The lowest BCUT2D eigenvalue weighted by Gasteiger charge is -2.08. The fraction of sp³-hybridized carbons (Fsp3) is 0.267. The molecule has 0 aliphatic heterocycles. The summed E-state index contributed by atoms with van der Waals surface area (Å²) in [4.78, 5) is 11.6. The van der Waals surface area contributed by atoms with Crippen molar-refractivity contribution in [1.82, 2.24) is 10.2 Å². The molecule has 2 aromatic rings. The summed E-state index contributed by atoms with van der Waals surface area (Å²) >= 11 is 0. The van der Waals surface area contributed by atoms with E-state index in [1.807, 2.05) is 6.07 Å². The van der Waals surface area contributed by atoms with Gasteiger partial charge in [-0.25, -0.2) is 0 Å². The normalized spacial score (nSPS) is 10.3. The highest BCUT2D eigenvalue weighted by Crippen LogP contribution is 2.30. The van der Waals surface area contributed by atoms with Gasteiger partial charge in [0, 0.05) is 24.5 Å². The molecule has 0 aliphatic rings. The van der Waals surface area contributed by atoms with Gasteiger partial charge in [0.15, 0.2) is 5.82 Å². The number of rotatable bonds is 7. The van der Waals surface area contributed by atoms with Crippen LogP contribution < -0.4 is 10.1 Å². The molecular formula is C15H14F2N4O2. The molecule has 1 heterocycles. The van der Waals surface area contributed by atoms with E-state index in [2.05, 4.69) is 20.3 Å². The van der Waals surface area contributed by atoms with Gasteiger partial charge in [-0.15, -0.1) is 0 Å². The van der Waals surface area contributed by atoms with Gasteiger partial charge >= 0.3 is 6.61 Å². The van der Waals surface area contributed by atoms with Crippen LogP contribution >= 0.6 is 0 Å². The number of anilines is 1. The minimum atomic E-state index is -2.93. The molecule has 0 bridgehead atoms. The summed E-state index contributed by atoms with van der Waals surface area (Å²) in [7, 11) is 0. The van der Waals surface area contributed by atoms with Gasteiger partial charge in [-0.3, -0.25) is 9.89 Å². The molecule has 0 saturated carbocycles. The molecule has 1 amide bonds. The van der Waals surface area contributed by atoms with Gasteiger partial charge < -0.3 is 10.1 Å². The zero-order valence-electron chi connectivity index (χ0n) is 12.1. The fourth-order valence-corrected chi connectivity index (χ4v) is 1.94. The number of halogens is 2. The second kappa shape index (κ2) is 7.89. The van der Waals surface area contributed by atoms with E-state index in [1.165, 1.54) is 12.1 Å². The van der Waals surface area contributed by atoms with E-state index >= 15 is 0 Å². The second-order valence-electron chi connectivity index (χ2n) is 4.60. The van der Waals surface area contributed by atoms with Gasteiger partial charge in [-0.2, -0.15) is 19.1 Å². The van der Waals surface area contributed by atoms with Crippen LogP contribution in [0.2, 0.25) is 0 Å². The smallest absolute Gasteiger partial charge is 0.387 e. The van der Waals surface area contributed by atoms with Crippen LogP contribution in [0.4, 0.5) is 14.6 Å². The number of unbranched alkanes of at least 4 members (excludes halogenated alkanes) is 1. The number of amides is 1. The summed E-state index contributed by atoms with van der Waals surface area (Å²) in [6, 6.07) is 9.76. The largest absolute Gasteiger partial charge is 0.434 e. The number of nitriles is 1. The average molecular weight is 320 g/mol. The maximum absolute atomic E-state index is 12.4. The summed E-state index contributed by atoms with van der Waals surface area (Å²) < 4.78 is 29.3. The monoisotopic (exact) mass is 320 g/mol. The molecule has 8 heteroatoms. The van der Waals surface area contributed by atoms with Gasteiger partial charge in [-0.1, -0.05) is 12.1 Å². The van der Waals surface area contributed by atoms with Crippen LogP contribution in [0.15, 0.2) is 30.3 Å². The van der Waals surface area contributed by atoms with Crippen molar-refractivity contribution < 1.29 is 18.3 Å². The van der Waals surface area contributed by atoms with Gasteiger partial charge in [0.1, 0.15) is 5.75 Å². The molecule has 0 fully saturated rings. The number of carbonyl (C=O) groups is 1. The summed E-state index contributed by atoms with van der Waals surface area (Å²) in [5.41, 5.74) is 0.846. The number of hydrogen-bond donors (Lipinski definition) is 2. The van der Waals surface area contributed by atoms with Crippen LogP contribution in [0.25, 0.3) is 11.3 Å². The molecule has 1 aromatic heterocycles. The Morgan fingerprint density at radius 2 is 2.22 bits per heavy atom. The van der Waals surface area contributed by atoms with Gasteiger partial charge in [0.2, 0.25) is 5.91 Å². The number of para-hydroxylation sites is 1. The van der Waals surface area contributed by atoms with Crippen molar-refractivity contribution in [1.29, 1.82) is 5.26 Å². The highest BCUT2D eigenvalue weighted by molar-refractivity contribution is 5.90. The van der Waals surface area contributed by atoms with E-state index in [9.17, 15) is 13.6 Å². The first-order valence-electron chi connectivity index (χ1n) is 6.86. The lowest BCUT2D eigenvalue weighted by Crippen LogP contribution is -2.11. The Kier molecular flexibility index (Phi) is 5.63. The van der Waals surface area contributed by atoms with Crippen LogP contribution in [-0.4, -0.2) is 22.7 Å². The van der Waals surface area contributed by atoms with Crippen LogP contribution in [-0.2, 0) is 4.79 Å². The number of ether oxygens (including phenoxy) is 1. The summed E-state index contributed by atoms with van der Waals surface area (Å²) in [5, 5.41) is 17.6. The molecule has 2 N–H and O–H groups in total. The topological polar surface area (TPSA) is 90.8 Å². The molecule has 1 aromatic carbocycles. The molecule has 0 saturated heterocycles. The first kappa shape index (κ1) is 16.4. The van der Waals surface area contributed by atoms with Crippen molar-refractivity contribution in [2.45, 2.75) is 25.9 Å². The first-order valence-corrected chi connectivity index (χ1v) is 6.86. The number of benzene rings is 1. The van der Waals surface area contributed by atoms with Crippen molar-refractivity contribution in [3.05, 3.63) is 30.3 Å². The van der Waals surface area contributed by atoms with Crippen molar-refractivity contribution >= 4 is 11.7 Å². The minimum Gasteiger partial charge on any atom is -0.434 e. The van der Waals surface area contributed by atoms with E-state index in [-0.39, 0.29) is 23.9 Å². The van der Waals surface area contributed by atoms with E-state index in [1.54, 1.807) is 18.2 Å². The van der Waals surface area contributed by atoms with Crippen LogP contribution in [0.3, 0.4) is 0 Å². The molecule has 0 radical (unpaired) electrons. The van der Waals surface area contributed by atoms with Crippen LogP contribution in [0, 0.1) is 11.3 Å². The average Bonchev–Trinajstić information content (AvgIpc) is 2.95. The summed E-state index contributed by atoms with van der Waals surface area (Å²) in [5.74, 6) is 0.0160. The Morgan fingerprint density at radius 3 is 2.96 bits per heavy atom. The van der Waals surface area contributed by atoms with Crippen LogP contribution in [0.1, 0.15) is 19.3 Å². The molecule has 120 valence electrons. The highest BCUT2D eigenvalue weighted by atomic mass is 19.3. The number of nitrogens with zero attached hydrogens (tertiary/aromatic N) is 2. The highest BCUT2D eigenvalue weighted by Gasteiger charge is 2.13. The zero-order chi connectivity index (χ0) is 16.7. The Morgan fingerprint density at radius 1 is 1.43 bits per heavy atom. The number of nitrogens with one attached hydrogen (secondary N) is 2. The Labute approximate surface area is 131 Å². The number of alkyl halides is 2. The lowest BCUT2D eigenvalue weighted by atomic mass is 10.1. The predicted octanol–water partition coefficient (Wildman–Crippen LogP) is 3.31. The maximum atomic E-state index is 12.4.